The summed E-state index contributed by atoms with van der Waals surface area (Å²) >= 11 is 3.23. The van der Waals surface area contributed by atoms with Crippen LogP contribution >= 0.6 is 15.9 Å². The standard InChI is InChI=1S/C17H14BrFN2O/c18-13-9-10(5-8-14(13)19)16-20-15-4-2-1-3-12(15)17(22)21(16)11-6-7-11/h1-5,8-9,11,16,20H,6-7H2. The highest BCUT2D eigenvalue weighted by atomic mass is 79.9. The van der Waals surface area contributed by atoms with E-state index in [1.54, 1.807) is 12.1 Å². The van der Waals surface area contributed by atoms with Crippen molar-refractivity contribution in [3.8, 4) is 0 Å². The predicted octanol–water partition coefficient (Wildman–Crippen LogP) is 4.32. The third-order valence-electron chi connectivity index (χ3n) is 4.16. The highest BCUT2D eigenvalue weighted by Crippen LogP contribution is 2.41. The molecule has 1 heterocycles. The van der Waals surface area contributed by atoms with E-state index in [1.807, 2.05) is 29.2 Å². The fourth-order valence-corrected chi connectivity index (χ4v) is 3.32. The lowest BCUT2D eigenvalue weighted by Crippen LogP contribution is -2.44. The van der Waals surface area contributed by atoms with Gasteiger partial charge in [-0.2, -0.15) is 0 Å². The molecule has 2 aromatic carbocycles. The summed E-state index contributed by atoms with van der Waals surface area (Å²) in [5.74, 6) is -0.258. The van der Waals surface area contributed by atoms with Crippen LogP contribution in [0.1, 0.15) is 34.9 Å². The number of carbonyl (C=O) groups excluding carboxylic acids is 1. The summed E-state index contributed by atoms with van der Waals surface area (Å²) in [6, 6.07) is 12.7. The summed E-state index contributed by atoms with van der Waals surface area (Å²) in [7, 11) is 0. The van der Waals surface area contributed by atoms with Gasteiger partial charge in [-0.15, -0.1) is 0 Å². The van der Waals surface area contributed by atoms with Crippen molar-refractivity contribution in [2.24, 2.45) is 0 Å². The summed E-state index contributed by atoms with van der Waals surface area (Å²) in [6.07, 6.45) is 1.79. The number of rotatable bonds is 2. The van der Waals surface area contributed by atoms with Gasteiger partial charge in [0.25, 0.3) is 5.91 Å². The Kier molecular flexibility index (Phi) is 3.18. The lowest BCUT2D eigenvalue weighted by Gasteiger charge is -2.38. The maximum atomic E-state index is 13.5. The molecule has 1 aliphatic heterocycles. The summed E-state index contributed by atoms with van der Waals surface area (Å²) in [6.45, 7) is 0. The third-order valence-corrected chi connectivity index (χ3v) is 4.77. The summed E-state index contributed by atoms with van der Waals surface area (Å²) in [5.41, 5.74) is 2.41. The van der Waals surface area contributed by atoms with Crippen molar-refractivity contribution in [1.29, 1.82) is 0 Å². The van der Waals surface area contributed by atoms with E-state index in [2.05, 4.69) is 21.2 Å². The van der Waals surface area contributed by atoms with E-state index in [-0.39, 0.29) is 23.9 Å². The maximum absolute atomic E-state index is 13.5. The monoisotopic (exact) mass is 360 g/mol. The second-order valence-electron chi connectivity index (χ2n) is 5.71. The van der Waals surface area contributed by atoms with Gasteiger partial charge in [0.1, 0.15) is 12.0 Å². The molecule has 5 heteroatoms. The summed E-state index contributed by atoms with van der Waals surface area (Å²) in [4.78, 5) is 14.7. The second-order valence-corrected chi connectivity index (χ2v) is 6.56. The number of nitrogens with zero attached hydrogens (tertiary/aromatic N) is 1. The van der Waals surface area contributed by atoms with Crippen LogP contribution in [0.25, 0.3) is 0 Å². The Bertz CT molecular complexity index is 760. The zero-order chi connectivity index (χ0) is 15.3. The summed E-state index contributed by atoms with van der Waals surface area (Å²) in [5, 5.41) is 3.42. The van der Waals surface area contributed by atoms with E-state index in [4.69, 9.17) is 0 Å². The Morgan fingerprint density at radius 3 is 2.68 bits per heavy atom. The number of nitrogens with one attached hydrogen (secondary N) is 1. The van der Waals surface area contributed by atoms with Crippen molar-refractivity contribution in [3.05, 3.63) is 63.9 Å². The van der Waals surface area contributed by atoms with E-state index >= 15 is 0 Å². The van der Waals surface area contributed by atoms with Crippen LogP contribution in [0, 0.1) is 5.82 Å². The van der Waals surface area contributed by atoms with Crippen LogP contribution in [0.4, 0.5) is 10.1 Å². The lowest BCUT2D eigenvalue weighted by atomic mass is 10.0. The van der Waals surface area contributed by atoms with Gasteiger partial charge in [-0.1, -0.05) is 18.2 Å². The molecule has 0 aromatic heterocycles. The largest absolute Gasteiger partial charge is 0.361 e. The molecule has 22 heavy (non-hydrogen) atoms. The second kappa shape index (κ2) is 5.09. The molecule has 0 bridgehead atoms. The number of hydrogen-bond donors (Lipinski definition) is 1. The first-order chi connectivity index (χ1) is 10.6. The lowest BCUT2D eigenvalue weighted by molar-refractivity contribution is 0.0666. The number of fused-ring (bicyclic) bond motifs is 1. The maximum Gasteiger partial charge on any atom is 0.258 e. The van der Waals surface area contributed by atoms with Crippen LogP contribution in [-0.2, 0) is 0 Å². The zero-order valence-corrected chi connectivity index (χ0v) is 13.3. The van der Waals surface area contributed by atoms with Crippen molar-refractivity contribution in [3.63, 3.8) is 0 Å². The predicted molar refractivity (Wildman–Crippen MR) is 86.1 cm³/mol. The molecule has 1 aliphatic carbocycles. The van der Waals surface area contributed by atoms with Crippen molar-refractivity contribution in [1.82, 2.24) is 4.90 Å². The van der Waals surface area contributed by atoms with E-state index < -0.39 is 0 Å². The molecule has 1 N–H and O–H groups in total. The van der Waals surface area contributed by atoms with Gasteiger partial charge >= 0.3 is 0 Å². The summed E-state index contributed by atoms with van der Waals surface area (Å²) < 4.78 is 13.9. The van der Waals surface area contributed by atoms with Crippen molar-refractivity contribution < 1.29 is 9.18 Å². The Hall–Kier alpha value is -1.88. The molecule has 3 nitrogen and oxygen atoms in total. The smallest absolute Gasteiger partial charge is 0.258 e. The van der Waals surface area contributed by atoms with Gasteiger partial charge in [0.15, 0.2) is 0 Å². The van der Waals surface area contributed by atoms with Crippen molar-refractivity contribution in [2.45, 2.75) is 25.0 Å². The average Bonchev–Trinajstić information content (AvgIpc) is 3.34. The van der Waals surface area contributed by atoms with Crippen LogP contribution in [0.15, 0.2) is 46.9 Å². The van der Waals surface area contributed by atoms with E-state index in [1.165, 1.54) is 6.07 Å². The molecule has 1 amide bonds. The van der Waals surface area contributed by atoms with E-state index in [0.29, 0.717) is 10.0 Å². The van der Waals surface area contributed by atoms with Crippen LogP contribution < -0.4 is 5.32 Å². The molecule has 112 valence electrons. The first kappa shape index (κ1) is 13.8. The van der Waals surface area contributed by atoms with Gasteiger partial charge in [-0.05, 0) is 58.6 Å². The van der Waals surface area contributed by atoms with Crippen LogP contribution in [0.3, 0.4) is 0 Å². The molecule has 1 saturated carbocycles. The minimum Gasteiger partial charge on any atom is -0.361 e. The molecular weight excluding hydrogens is 347 g/mol. The molecule has 0 saturated heterocycles. The van der Waals surface area contributed by atoms with E-state index in [9.17, 15) is 9.18 Å². The first-order valence-electron chi connectivity index (χ1n) is 7.28. The Morgan fingerprint density at radius 2 is 1.95 bits per heavy atom. The molecule has 1 unspecified atom stereocenters. The Balaban J connectivity index is 1.80. The Labute approximate surface area is 136 Å². The third kappa shape index (κ3) is 2.20. The molecule has 2 aliphatic rings. The highest BCUT2D eigenvalue weighted by molar-refractivity contribution is 9.10. The van der Waals surface area contributed by atoms with Crippen molar-refractivity contribution >= 4 is 27.5 Å². The number of halogens is 2. The minimum absolute atomic E-state index is 0.0438. The van der Waals surface area contributed by atoms with Gasteiger partial charge in [-0.25, -0.2) is 4.39 Å². The van der Waals surface area contributed by atoms with Crippen LogP contribution in [0.2, 0.25) is 0 Å². The molecule has 1 fully saturated rings. The zero-order valence-electron chi connectivity index (χ0n) is 11.7. The fraction of sp³-hybridized carbons (Fsp3) is 0.235. The quantitative estimate of drug-likeness (QED) is 0.864. The molecule has 4 rings (SSSR count). The highest BCUT2D eigenvalue weighted by Gasteiger charge is 2.42. The number of hydrogen-bond acceptors (Lipinski definition) is 2. The minimum atomic E-state index is -0.302. The van der Waals surface area contributed by atoms with Crippen LogP contribution in [0.5, 0.6) is 0 Å². The molecule has 0 spiro atoms. The molecule has 1 atom stereocenters. The van der Waals surface area contributed by atoms with Gasteiger partial charge in [0.05, 0.1) is 10.0 Å². The molecular formula is C17H14BrFN2O. The van der Waals surface area contributed by atoms with Gasteiger partial charge < -0.3 is 10.2 Å². The van der Waals surface area contributed by atoms with Gasteiger partial charge in [0.2, 0.25) is 0 Å². The first-order valence-corrected chi connectivity index (χ1v) is 8.07. The number of carbonyl (C=O) groups is 1. The van der Waals surface area contributed by atoms with Gasteiger partial charge in [-0.3, -0.25) is 4.79 Å². The molecule has 2 aromatic rings. The number of anilines is 1. The number of amides is 1. The van der Waals surface area contributed by atoms with Crippen molar-refractivity contribution in [2.75, 3.05) is 5.32 Å². The van der Waals surface area contributed by atoms with Crippen LogP contribution in [-0.4, -0.2) is 16.8 Å². The fourth-order valence-electron chi connectivity index (χ4n) is 2.92. The van der Waals surface area contributed by atoms with Gasteiger partial charge in [0, 0.05) is 11.7 Å². The van der Waals surface area contributed by atoms with E-state index in [0.717, 1.165) is 24.1 Å². The molecule has 0 radical (unpaired) electrons. The normalized spacial score (nSPS) is 20.5. The Morgan fingerprint density at radius 1 is 1.18 bits per heavy atom. The topological polar surface area (TPSA) is 32.3 Å². The average molecular weight is 361 g/mol. The number of para-hydroxylation sites is 1. The SMILES string of the molecule is O=C1c2ccccc2NC(c2ccc(F)c(Br)c2)N1C1CC1. The number of benzene rings is 2.